The quantitative estimate of drug-likeness (QED) is 0.874. The lowest BCUT2D eigenvalue weighted by molar-refractivity contribution is -0.121. The van der Waals surface area contributed by atoms with E-state index >= 15 is 0 Å². The first-order chi connectivity index (χ1) is 11.0. The van der Waals surface area contributed by atoms with Gasteiger partial charge in [-0.2, -0.15) is 0 Å². The van der Waals surface area contributed by atoms with Crippen LogP contribution in [0.3, 0.4) is 0 Å². The molecule has 24 heavy (non-hydrogen) atoms. The molecule has 0 saturated carbocycles. The third kappa shape index (κ3) is 4.91. The van der Waals surface area contributed by atoms with Crippen molar-refractivity contribution in [2.75, 3.05) is 38.0 Å². The Morgan fingerprint density at radius 1 is 1.42 bits per heavy atom. The van der Waals surface area contributed by atoms with Gasteiger partial charge in [-0.15, -0.1) is 12.4 Å². The van der Waals surface area contributed by atoms with Crippen molar-refractivity contribution in [2.45, 2.75) is 33.1 Å². The van der Waals surface area contributed by atoms with Gasteiger partial charge in [0, 0.05) is 25.2 Å². The highest BCUT2D eigenvalue weighted by molar-refractivity contribution is 5.91. The van der Waals surface area contributed by atoms with Crippen LogP contribution >= 0.6 is 12.4 Å². The van der Waals surface area contributed by atoms with Crippen molar-refractivity contribution in [3.8, 4) is 0 Å². The molecule has 2 N–H and O–H groups in total. The molecule has 3 rings (SSSR count). The molecule has 0 spiro atoms. The summed E-state index contributed by atoms with van der Waals surface area (Å²) in [5, 5.41) is 6.42. The first kappa shape index (κ1) is 19.2. The van der Waals surface area contributed by atoms with Crippen LogP contribution in [0.15, 0.2) is 18.3 Å². The Bertz CT molecular complexity index is 534. The van der Waals surface area contributed by atoms with Gasteiger partial charge in [-0.05, 0) is 62.9 Å². The first-order valence-electron chi connectivity index (χ1n) is 8.71. The molecule has 134 valence electrons. The highest BCUT2D eigenvalue weighted by Gasteiger charge is 2.33. The van der Waals surface area contributed by atoms with Gasteiger partial charge in [0.25, 0.3) is 0 Å². The van der Waals surface area contributed by atoms with Crippen LogP contribution in [0.2, 0.25) is 0 Å². The van der Waals surface area contributed by atoms with Crippen LogP contribution < -0.4 is 10.6 Å². The molecule has 1 amide bonds. The van der Waals surface area contributed by atoms with Crippen molar-refractivity contribution in [3.63, 3.8) is 0 Å². The normalized spacial score (nSPS) is 25.2. The number of aryl methyl sites for hydroxylation is 1. The molecule has 3 heterocycles. The second-order valence-corrected chi connectivity index (χ2v) is 7.50. The number of likely N-dealkylation sites (tertiary alicyclic amines) is 1. The smallest absolute Gasteiger partial charge is 0.228 e. The fraction of sp³-hybridized carbons (Fsp3) is 0.667. The Morgan fingerprint density at radius 2 is 2.17 bits per heavy atom. The zero-order valence-electron chi connectivity index (χ0n) is 14.7. The van der Waals surface area contributed by atoms with Gasteiger partial charge in [0.05, 0.1) is 0 Å². The molecule has 6 heteroatoms. The molecular formula is C18H29ClN4O. The van der Waals surface area contributed by atoms with E-state index in [1.54, 1.807) is 6.20 Å². The highest BCUT2D eigenvalue weighted by Crippen LogP contribution is 2.28. The summed E-state index contributed by atoms with van der Waals surface area (Å²) in [6, 6.07) is 3.85. The van der Waals surface area contributed by atoms with Gasteiger partial charge in [-0.3, -0.25) is 4.79 Å². The van der Waals surface area contributed by atoms with Crippen molar-refractivity contribution < 1.29 is 4.79 Å². The Kier molecular flexibility index (Phi) is 6.61. The van der Waals surface area contributed by atoms with Crippen LogP contribution in [-0.2, 0) is 4.79 Å². The Hall–Kier alpha value is -1.17. The third-order valence-electron chi connectivity index (χ3n) is 5.18. The minimum atomic E-state index is 0. The van der Waals surface area contributed by atoms with Gasteiger partial charge < -0.3 is 15.5 Å². The van der Waals surface area contributed by atoms with E-state index in [1.165, 1.54) is 6.42 Å². The van der Waals surface area contributed by atoms with E-state index in [0.29, 0.717) is 11.2 Å². The summed E-state index contributed by atoms with van der Waals surface area (Å²) in [6.07, 6.45) is 4.93. The van der Waals surface area contributed by atoms with E-state index in [2.05, 4.69) is 27.4 Å². The first-order valence-corrected chi connectivity index (χ1v) is 8.71. The lowest BCUT2D eigenvalue weighted by Crippen LogP contribution is -2.43. The summed E-state index contributed by atoms with van der Waals surface area (Å²) in [4.78, 5) is 19.2. The molecule has 1 aromatic heterocycles. The number of carbonyl (C=O) groups excluding carboxylic acids is 1. The Balaban J connectivity index is 0.00000208. The van der Waals surface area contributed by atoms with E-state index in [4.69, 9.17) is 0 Å². The second kappa shape index (κ2) is 8.28. The number of carbonyl (C=O) groups is 1. The number of nitrogens with zero attached hydrogens (tertiary/aromatic N) is 2. The van der Waals surface area contributed by atoms with Crippen LogP contribution in [-0.4, -0.2) is 48.5 Å². The van der Waals surface area contributed by atoms with E-state index < -0.39 is 0 Å². The van der Waals surface area contributed by atoms with Gasteiger partial charge in [0.1, 0.15) is 5.82 Å². The average Bonchev–Trinajstić information content (AvgIpc) is 2.96. The van der Waals surface area contributed by atoms with Crippen molar-refractivity contribution in [1.82, 2.24) is 15.2 Å². The Labute approximate surface area is 151 Å². The zero-order valence-corrected chi connectivity index (χ0v) is 15.5. The summed E-state index contributed by atoms with van der Waals surface area (Å²) >= 11 is 0. The number of rotatable bonds is 4. The maximum atomic E-state index is 12.4. The maximum Gasteiger partial charge on any atom is 0.228 e. The van der Waals surface area contributed by atoms with Crippen LogP contribution in [0.1, 0.15) is 31.7 Å². The molecule has 0 radical (unpaired) electrons. The number of nitrogens with one attached hydrogen (secondary N) is 2. The number of anilines is 1. The van der Waals surface area contributed by atoms with Gasteiger partial charge in [-0.25, -0.2) is 4.98 Å². The van der Waals surface area contributed by atoms with Crippen LogP contribution in [0.25, 0.3) is 0 Å². The molecule has 0 aliphatic carbocycles. The summed E-state index contributed by atoms with van der Waals surface area (Å²) in [7, 11) is 0. The lowest BCUT2D eigenvalue weighted by atomic mass is 9.87. The molecule has 0 bridgehead atoms. The van der Waals surface area contributed by atoms with E-state index in [9.17, 15) is 4.79 Å². The molecule has 2 saturated heterocycles. The largest absolute Gasteiger partial charge is 0.316 e. The maximum absolute atomic E-state index is 12.4. The van der Waals surface area contributed by atoms with Crippen molar-refractivity contribution in [3.05, 3.63) is 23.9 Å². The number of amides is 1. The van der Waals surface area contributed by atoms with Crippen LogP contribution in [0.5, 0.6) is 0 Å². The summed E-state index contributed by atoms with van der Waals surface area (Å²) in [6.45, 7) is 9.81. The summed E-state index contributed by atoms with van der Waals surface area (Å²) in [5.74, 6) is 0.895. The third-order valence-corrected chi connectivity index (χ3v) is 5.18. The number of aromatic nitrogens is 1. The number of hydrogen-bond donors (Lipinski definition) is 2. The molecule has 1 aromatic rings. The fourth-order valence-electron chi connectivity index (χ4n) is 3.67. The van der Waals surface area contributed by atoms with Crippen LogP contribution in [0.4, 0.5) is 5.82 Å². The number of pyridine rings is 1. The summed E-state index contributed by atoms with van der Waals surface area (Å²) < 4.78 is 0. The molecule has 1 unspecified atom stereocenters. The fourth-order valence-corrected chi connectivity index (χ4v) is 3.67. The molecule has 2 fully saturated rings. The molecule has 2 aliphatic heterocycles. The average molecular weight is 353 g/mol. The van der Waals surface area contributed by atoms with Crippen molar-refractivity contribution in [2.24, 2.45) is 11.3 Å². The molecule has 0 aromatic carbocycles. The van der Waals surface area contributed by atoms with Crippen LogP contribution in [0, 0.1) is 18.3 Å². The number of piperidine rings is 1. The molecular weight excluding hydrogens is 324 g/mol. The topological polar surface area (TPSA) is 57.3 Å². The van der Waals surface area contributed by atoms with Crippen molar-refractivity contribution in [1.29, 1.82) is 0 Å². The summed E-state index contributed by atoms with van der Waals surface area (Å²) in [5.41, 5.74) is 1.51. The second-order valence-electron chi connectivity index (χ2n) is 7.50. The predicted molar refractivity (Wildman–Crippen MR) is 99.6 cm³/mol. The predicted octanol–water partition coefficient (Wildman–Crippen LogP) is 2.46. The minimum Gasteiger partial charge on any atom is -0.316 e. The van der Waals surface area contributed by atoms with Gasteiger partial charge in [0.2, 0.25) is 5.91 Å². The van der Waals surface area contributed by atoms with E-state index in [0.717, 1.165) is 51.1 Å². The van der Waals surface area contributed by atoms with E-state index in [1.807, 2.05) is 19.1 Å². The SMILES string of the molecule is Cc1ccc(NC(=O)C2CCN(CC3(C)CCNC3)CC2)nc1.Cl. The minimum absolute atomic E-state index is 0. The number of halogens is 1. The monoisotopic (exact) mass is 352 g/mol. The zero-order chi connectivity index (χ0) is 16.3. The highest BCUT2D eigenvalue weighted by atomic mass is 35.5. The lowest BCUT2D eigenvalue weighted by Gasteiger charge is -2.36. The number of hydrogen-bond acceptors (Lipinski definition) is 4. The molecule has 2 aliphatic rings. The van der Waals surface area contributed by atoms with Crippen molar-refractivity contribution >= 4 is 24.1 Å². The Morgan fingerprint density at radius 3 is 2.75 bits per heavy atom. The van der Waals surface area contributed by atoms with Gasteiger partial charge in [-0.1, -0.05) is 13.0 Å². The molecule has 5 nitrogen and oxygen atoms in total. The molecule has 1 atom stereocenters. The van der Waals surface area contributed by atoms with Gasteiger partial charge >= 0.3 is 0 Å². The standard InChI is InChI=1S/C18H28N4O.ClH/c1-14-3-4-16(20-11-14)21-17(23)15-5-9-22(10-6-15)13-18(2)7-8-19-12-18;/h3-4,11,15,19H,5-10,12-13H2,1-2H3,(H,20,21,23);1H. The van der Waals surface area contributed by atoms with E-state index in [-0.39, 0.29) is 24.2 Å². The van der Waals surface area contributed by atoms with Gasteiger partial charge in [0.15, 0.2) is 0 Å².